The largest absolute Gasteiger partial charge is 0.495 e. The maximum atomic E-state index is 13.8. The molecule has 0 amide bonds. The highest BCUT2D eigenvalue weighted by molar-refractivity contribution is 5.98. The minimum atomic E-state index is -4.57. The number of hydrogen-bond acceptors (Lipinski definition) is 5. The van der Waals surface area contributed by atoms with Crippen LogP contribution in [0, 0.1) is 11.8 Å². The Hall–Kier alpha value is -4.91. The minimum absolute atomic E-state index is 0.225. The van der Waals surface area contributed by atoms with Crippen molar-refractivity contribution in [3.63, 3.8) is 0 Å². The molecule has 1 aliphatic rings. The van der Waals surface area contributed by atoms with Crippen LogP contribution in [0.15, 0.2) is 73.4 Å². The summed E-state index contributed by atoms with van der Waals surface area (Å²) in [5, 5.41) is 4.24. The van der Waals surface area contributed by atoms with Gasteiger partial charge >= 0.3 is 6.18 Å². The first-order valence-electron chi connectivity index (χ1n) is 12.6. The Kier molecular flexibility index (Phi) is 6.34. The first-order chi connectivity index (χ1) is 19.3. The van der Waals surface area contributed by atoms with Gasteiger partial charge < -0.3 is 9.30 Å². The highest BCUT2D eigenvalue weighted by Crippen LogP contribution is 2.39. The quantitative estimate of drug-likeness (QED) is 0.205. The molecule has 1 saturated carbocycles. The lowest BCUT2D eigenvalue weighted by molar-refractivity contribution is -0.137. The number of carbonyl (C=O) groups is 1. The second-order valence-electron chi connectivity index (χ2n) is 9.57. The molecule has 0 N–H and O–H groups in total. The number of ether oxygens (including phenoxy) is 1. The molecule has 0 unspecified atom stereocenters. The van der Waals surface area contributed by atoms with Crippen molar-refractivity contribution in [1.29, 1.82) is 0 Å². The van der Waals surface area contributed by atoms with E-state index in [1.54, 1.807) is 64.1 Å². The monoisotopic (exact) mass is 541 g/mol. The number of fused-ring (bicyclic) bond motifs is 1. The Morgan fingerprint density at radius 1 is 1.10 bits per heavy atom. The molecule has 200 valence electrons. The number of halogens is 3. The van der Waals surface area contributed by atoms with Gasteiger partial charge in [-0.05, 0) is 72.9 Å². The van der Waals surface area contributed by atoms with Crippen molar-refractivity contribution in [1.82, 2.24) is 24.1 Å². The third-order valence-electron chi connectivity index (χ3n) is 6.69. The van der Waals surface area contributed by atoms with E-state index in [9.17, 15) is 18.0 Å². The van der Waals surface area contributed by atoms with Crippen molar-refractivity contribution in [2.45, 2.75) is 31.4 Å². The molecule has 1 aliphatic carbocycles. The molecule has 0 saturated heterocycles. The van der Waals surface area contributed by atoms with Gasteiger partial charge in [-0.25, -0.2) is 14.5 Å². The molecule has 3 aromatic heterocycles. The molecule has 0 bridgehead atoms. The van der Waals surface area contributed by atoms with Crippen LogP contribution in [0.25, 0.3) is 11.3 Å². The van der Waals surface area contributed by atoms with Crippen LogP contribution in [0.2, 0.25) is 0 Å². The summed E-state index contributed by atoms with van der Waals surface area (Å²) < 4.78 is 49.8. The van der Waals surface area contributed by atoms with Gasteiger partial charge in [-0.3, -0.25) is 4.79 Å². The molecule has 6 rings (SSSR count). The van der Waals surface area contributed by atoms with Gasteiger partial charge in [0.05, 0.1) is 36.5 Å². The molecule has 0 aliphatic heterocycles. The number of carbonyl (C=O) groups excluding carboxylic acids is 1. The van der Waals surface area contributed by atoms with Crippen molar-refractivity contribution in [3.8, 4) is 23.3 Å². The Bertz CT molecular complexity index is 1810. The van der Waals surface area contributed by atoms with Crippen LogP contribution in [0.4, 0.5) is 13.2 Å². The number of imidazole rings is 2. The van der Waals surface area contributed by atoms with E-state index in [-0.39, 0.29) is 17.8 Å². The van der Waals surface area contributed by atoms with Gasteiger partial charge in [0.25, 0.3) is 0 Å². The third-order valence-corrected chi connectivity index (χ3v) is 6.69. The summed E-state index contributed by atoms with van der Waals surface area (Å²) in [5.41, 5.74) is 2.54. The number of methoxy groups -OCH3 is 1. The van der Waals surface area contributed by atoms with Gasteiger partial charge in [0.2, 0.25) is 0 Å². The van der Waals surface area contributed by atoms with E-state index in [0.29, 0.717) is 39.8 Å². The zero-order chi connectivity index (χ0) is 27.9. The molecule has 2 aromatic carbocycles. The van der Waals surface area contributed by atoms with Crippen LogP contribution in [-0.2, 0) is 12.6 Å². The van der Waals surface area contributed by atoms with E-state index >= 15 is 0 Å². The van der Waals surface area contributed by atoms with Crippen LogP contribution in [0.3, 0.4) is 0 Å². The molecule has 0 radical (unpaired) electrons. The molecule has 7 nitrogen and oxygen atoms in total. The first-order valence-corrected chi connectivity index (χ1v) is 12.6. The molecular weight excluding hydrogens is 519 g/mol. The Morgan fingerprint density at radius 3 is 2.73 bits per heavy atom. The van der Waals surface area contributed by atoms with E-state index in [1.165, 1.54) is 13.4 Å². The second-order valence-corrected chi connectivity index (χ2v) is 9.57. The molecule has 3 heterocycles. The van der Waals surface area contributed by atoms with E-state index < -0.39 is 11.7 Å². The van der Waals surface area contributed by atoms with Gasteiger partial charge in [-0.1, -0.05) is 5.92 Å². The predicted octanol–water partition coefficient (Wildman–Crippen LogP) is 5.65. The van der Waals surface area contributed by atoms with E-state index in [2.05, 4.69) is 26.9 Å². The topological polar surface area (TPSA) is 74.3 Å². The Morgan fingerprint density at radius 2 is 1.95 bits per heavy atom. The first kappa shape index (κ1) is 25.4. The average Bonchev–Trinajstić information content (AvgIpc) is 3.53. The molecule has 40 heavy (non-hydrogen) atoms. The highest BCUT2D eigenvalue weighted by atomic mass is 19.4. The lowest BCUT2D eigenvalue weighted by Gasteiger charge is -2.13. The number of rotatable bonds is 6. The third kappa shape index (κ3) is 5.18. The van der Waals surface area contributed by atoms with Crippen molar-refractivity contribution in [2.75, 3.05) is 7.11 Å². The highest BCUT2D eigenvalue weighted by Gasteiger charge is 2.32. The van der Waals surface area contributed by atoms with Gasteiger partial charge in [0.1, 0.15) is 11.4 Å². The molecule has 1 fully saturated rings. The number of ketones is 1. The molecule has 0 atom stereocenters. The molecule has 5 aromatic rings. The Balaban J connectivity index is 1.30. The second kappa shape index (κ2) is 10.0. The van der Waals surface area contributed by atoms with Crippen LogP contribution >= 0.6 is 0 Å². The normalized spacial score (nSPS) is 13.2. The fourth-order valence-electron chi connectivity index (χ4n) is 4.47. The summed E-state index contributed by atoms with van der Waals surface area (Å²) in [6.07, 6.45) is 3.76. The maximum absolute atomic E-state index is 13.8. The fraction of sp³-hybridized carbons (Fsp3) is 0.200. The number of alkyl halides is 3. The molecule has 10 heteroatoms. The SMILES string of the molecule is COc1ccc(C(=O)Cc2cc(-n3cnc(C4CC4)c3)cc(C(F)(F)F)c2)cc1C#Cc1cnc2cccnn12. The van der Waals surface area contributed by atoms with Crippen LogP contribution < -0.4 is 4.74 Å². The minimum Gasteiger partial charge on any atom is -0.495 e. The average molecular weight is 542 g/mol. The summed E-state index contributed by atoms with van der Waals surface area (Å²) in [6.45, 7) is 0. The fourth-order valence-corrected chi connectivity index (χ4v) is 4.47. The number of hydrogen-bond donors (Lipinski definition) is 0. The summed E-state index contributed by atoms with van der Waals surface area (Å²) in [5.74, 6) is 6.48. The Labute approximate surface area is 227 Å². The predicted molar refractivity (Wildman–Crippen MR) is 141 cm³/mol. The van der Waals surface area contributed by atoms with E-state index in [0.717, 1.165) is 30.7 Å². The van der Waals surface area contributed by atoms with Gasteiger partial charge in [-0.15, -0.1) is 0 Å². The van der Waals surface area contributed by atoms with Crippen molar-refractivity contribution in [3.05, 3.63) is 107 Å². The molecule has 0 spiro atoms. The molecular formula is C30H22F3N5O2. The number of aromatic nitrogens is 5. The summed E-state index contributed by atoms with van der Waals surface area (Å²) >= 11 is 0. The number of nitrogens with zero attached hydrogens (tertiary/aromatic N) is 5. The summed E-state index contributed by atoms with van der Waals surface area (Å²) in [7, 11) is 1.49. The van der Waals surface area contributed by atoms with Gasteiger partial charge in [0.15, 0.2) is 11.4 Å². The summed E-state index contributed by atoms with van der Waals surface area (Å²) in [4.78, 5) is 21.9. The van der Waals surface area contributed by atoms with E-state index in [4.69, 9.17) is 4.74 Å². The number of benzene rings is 2. The summed E-state index contributed by atoms with van der Waals surface area (Å²) in [6, 6.07) is 12.0. The van der Waals surface area contributed by atoms with Crippen LogP contribution in [0.1, 0.15) is 57.2 Å². The van der Waals surface area contributed by atoms with E-state index in [1.807, 2.05) is 0 Å². The van der Waals surface area contributed by atoms with Gasteiger partial charge in [0, 0.05) is 36.0 Å². The standard InChI is InChI=1S/C30H22F3N5O2/c1-40-28-9-7-21(14-22(28)6-8-24-16-34-29-3-2-10-36-38(24)29)27(39)13-19-11-23(30(31,32)33)15-25(12-19)37-17-26(35-18-37)20-4-5-20/h2-3,7,9-12,14-18,20H,4-5,13H2,1H3. The number of Topliss-reactive ketones (excluding diaryl/α,β-unsaturated/α-hetero) is 1. The lowest BCUT2D eigenvalue weighted by atomic mass is 9.98. The zero-order valence-corrected chi connectivity index (χ0v) is 21.3. The smallest absolute Gasteiger partial charge is 0.416 e. The van der Waals surface area contributed by atoms with Crippen molar-refractivity contribution >= 4 is 11.4 Å². The van der Waals surface area contributed by atoms with Crippen molar-refractivity contribution < 1.29 is 22.7 Å². The maximum Gasteiger partial charge on any atom is 0.416 e. The van der Waals surface area contributed by atoms with Crippen LogP contribution in [-0.4, -0.2) is 37.0 Å². The van der Waals surface area contributed by atoms with Gasteiger partial charge in [-0.2, -0.15) is 18.3 Å². The van der Waals surface area contributed by atoms with Crippen LogP contribution in [0.5, 0.6) is 5.75 Å². The van der Waals surface area contributed by atoms with Crippen molar-refractivity contribution in [2.24, 2.45) is 0 Å². The lowest BCUT2D eigenvalue weighted by Crippen LogP contribution is -2.10. The zero-order valence-electron chi connectivity index (χ0n) is 21.3.